The number of carbonyl (C=O) groups is 1. The van der Waals surface area contributed by atoms with Crippen molar-refractivity contribution in [3.63, 3.8) is 0 Å². The van der Waals surface area contributed by atoms with Gasteiger partial charge in [-0.15, -0.1) is 11.3 Å². The van der Waals surface area contributed by atoms with E-state index in [-0.39, 0.29) is 10.2 Å². The molecule has 0 fully saturated rings. The Balaban J connectivity index is 1.45. The molecule has 2 aromatic heterocycles. The molecule has 0 atom stereocenters. The molecule has 0 aliphatic heterocycles. The fourth-order valence-corrected chi connectivity index (χ4v) is 5.63. The quantitative estimate of drug-likeness (QED) is 0.374. The van der Waals surface area contributed by atoms with E-state index in [4.69, 9.17) is 0 Å². The zero-order valence-corrected chi connectivity index (χ0v) is 19.0. The Hall–Kier alpha value is -3.63. The third kappa shape index (κ3) is 4.66. The van der Waals surface area contributed by atoms with Crippen molar-refractivity contribution >= 4 is 44.5 Å². The number of nitrogens with zero attached hydrogens (tertiary/aromatic N) is 2. The van der Waals surface area contributed by atoms with Gasteiger partial charge in [0.25, 0.3) is 10.0 Å². The van der Waals surface area contributed by atoms with E-state index in [1.165, 1.54) is 22.7 Å². The van der Waals surface area contributed by atoms with Crippen molar-refractivity contribution in [2.75, 3.05) is 22.0 Å². The molecule has 2 amide bonds. The second-order valence-electron chi connectivity index (χ2n) is 7.01. The number of anilines is 3. The Kier molecular flexibility index (Phi) is 5.97. The van der Waals surface area contributed by atoms with E-state index in [2.05, 4.69) is 20.8 Å². The van der Waals surface area contributed by atoms with Gasteiger partial charge in [-0.05, 0) is 61.5 Å². The van der Waals surface area contributed by atoms with E-state index in [1.807, 2.05) is 31.2 Å². The summed E-state index contributed by atoms with van der Waals surface area (Å²) in [5.41, 5.74) is 3.31. The van der Waals surface area contributed by atoms with Crippen LogP contribution in [0.25, 0.3) is 10.6 Å². The number of hydrogen-bond acceptors (Lipinski definition) is 5. The number of aromatic nitrogens is 2. The molecule has 2 heterocycles. The number of amides is 2. The predicted octanol–water partition coefficient (Wildman–Crippen LogP) is 4.92. The Labute approximate surface area is 190 Å². The monoisotopic (exact) mass is 467 g/mol. The molecular weight excluding hydrogens is 446 g/mol. The van der Waals surface area contributed by atoms with Gasteiger partial charge in [0.1, 0.15) is 4.21 Å². The number of sulfonamides is 1. The lowest BCUT2D eigenvalue weighted by Crippen LogP contribution is -2.25. The molecule has 2 aromatic carbocycles. The zero-order valence-electron chi connectivity index (χ0n) is 17.4. The van der Waals surface area contributed by atoms with Crippen molar-refractivity contribution in [2.24, 2.45) is 0 Å². The van der Waals surface area contributed by atoms with Crippen molar-refractivity contribution in [1.82, 2.24) is 10.2 Å². The van der Waals surface area contributed by atoms with Gasteiger partial charge in [0.2, 0.25) is 0 Å². The van der Waals surface area contributed by atoms with Crippen molar-refractivity contribution in [2.45, 2.75) is 11.1 Å². The molecule has 8 nitrogen and oxygen atoms in total. The number of aryl methyl sites for hydroxylation is 1. The van der Waals surface area contributed by atoms with Gasteiger partial charge in [-0.3, -0.25) is 9.40 Å². The standard InChI is InChI=1S/C22H21N5O3S2/c1-15-14-19(26-25-15)20-12-13-21(31-20)32(29,30)27(2)18-10-8-17(9-11-18)24-22(28)23-16-6-4-3-5-7-16/h3-14H,1-2H3,(H,25,26)(H2,23,24,28). The molecule has 0 saturated carbocycles. The number of aromatic amines is 1. The Morgan fingerprint density at radius 3 is 2.25 bits per heavy atom. The molecular formula is C22H21N5O3S2. The lowest BCUT2D eigenvalue weighted by atomic mass is 10.3. The van der Waals surface area contributed by atoms with E-state index >= 15 is 0 Å². The van der Waals surface area contributed by atoms with Crippen LogP contribution in [0.3, 0.4) is 0 Å². The van der Waals surface area contributed by atoms with Crippen LogP contribution in [-0.4, -0.2) is 31.7 Å². The van der Waals surface area contributed by atoms with E-state index in [0.29, 0.717) is 17.1 Å². The normalized spacial score (nSPS) is 11.2. The highest BCUT2D eigenvalue weighted by Gasteiger charge is 2.24. The number of H-pyrrole nitrogens is 1. The molecule has 4 aromatic rings. The number of urea groups is 1. The average molecular weight is 468 g/mol. The van der Waals surface area contributed by atoms with E-state index in [0.717, 1.165) is 16.3 Å². The Morgan fingerprint density at radius 2 is 1.62 bits per heavy atom. The van der Waals surface area contributed by atoms with Gasteiger partial charge in [-0.1, -0.05) is 18.2 Å². The maximum absolute atomic E-state index is 13.1. The minimum Gasteiger partial charge on any atom is -0.308 e. The summed E-state index contributed by atoms with van der Waals surface area (Å²) in [7, 11) is -2.23. The molecule has 0 bridgehead atoms. The number of hydrogen-bond donors (Lipinski definition) is 3. The number of thiophene rings is 1. The summed E-state index contributed by atoms with van der Waals surface area (Å²) in [6.07, 6.45) is 0. The molecule has 32 heavy (non-hydrogen) atoms. The lowest BCUT2D eigenvalue weighted by molar-refractivity contribution is 0.262. The minimum absolute atomic E-state index is 0.228. The van der Waals surface area contributed by atoms with Gasteiger partial charge in [0, 0.05) is 18.4 Å². The topological polar surface area (TPSA) is 107 Å². The van der Waals surface area contributed by atoms with Crippen LogP contribution >= 0.6 is 11.3 Å². The smallest absolute Gasteiger partial charge is 0.308 e. The van der Waals surface area contributed by atoms with Crippen LogP contribution in [0, 0.1) is 6.92 Å². The molecule has 0 saturated heterocycles. The van der Waals surface area contributed by atoms with Gasteiger partial charge in [-0.25, -0.2) is 13.2 Å². The second kappa shape index (κ2) is 8.85. The minimum atomic E-state index is -3.73. The van der Waals surface area contributed by atoms with E-state index in [1.54, 1.807) is 48.5 Å². The first-order valence-electron chi connectivity index (χ1n) is 9.67. The molecule has 10 heteroatoms. The van der Waals surface area contributed by atoms with Gasteiger partial charge < -0.3 is 10.6 Å². The largest absolute Gasteiger partial charge is 0.323 e. The predicted molar refractivity (Wildman–Crippen MR) is 128 cm³/mol. The number of para-hydroxylation sites is 1. The van der Waals surface area contributed by atoms with Crippen LogP contribution in [0.2, 0.25) is 0 Å². The average Bonchev–Trinajstić information content (AvgIpc) is 3.44. The summed E-state index contributed by atoms with van der Waals surface area (Å²) in [4.78, 5) is 12.9. The third-order valence-electron chi connectivity index (χ3n) is 4.69. The number of nitrogens with one attached hydrogen (secondary N) is 3. The van der Waals surface area contributed by atoms with Gasteiger partial charge >= 0.3 is 6.03 Å². The number of rotatable bonds is 6. The van der Waals surface area contributed by atoms with Crippen molar-refractivity contribution in [3.05, 3.63) is 78.5 Å². The first-order valence-corrected chi connectivity index (χ1v) is 11.9. The summed E-state index contributed by atoms with van der Waals surface area (Å²) in [5.74, 6) is 0. The van der Waals surface area contributed by atoms with Gasteiger partial charge in [-0.2, -0.15) is 5.10 Å². The van der Waals surface area contributed by atoms with Crippen LogP contribution in [-0.2, 0) is 10.0 Å². The summed E-state index contributed by atoms with van der Waals surface area (Å²) in [6, 6.07) is 20.5. The molecule has 0 radical (unpaired) electrons. The molecule has 0 unspecified atom stereocenters. The Bertz CT molecular complexity index is 1330. The maximum atomic E-state index is 13.1. The summed E-state index contributed by atoms with van der Waals surface area (Å²) in [5, 5.41) is 12.4. The summed E-state index contributed by atoms with van der Waals surface area (Å²) < 4.78 is 27.6. The lowest BCUT2D eigenvalue weighted by Gasteiger charge is -2.19. The van der Waals surface area contributed by atoms with Crippen LogP contribution in [0.4, 0.5) is 21.9 Å². The first-order chi connectivity index (χ1) is 15.3. The highest BCUT2D eigenvalue weighted by atomic mass is 32.2. The van der Waals surface area contributed by atoms with Crippen LogP contribution in [0.1, 0.15) is 5.69 Å². The molecule has 3 N–H and O–H groups in total. The fraction of sp³-hybridized carbons (Fsp3) is 0.0909. The molecule has 0 spiro atoms. The maximum Gasteiger partial charge on any atom is 0.323 e. The molecule has 0 aliphatic rings. The summed E-state index contributed by atoms with van der Waals surface area (Å²) in [6.45, 7) is 1.86. The Morgan fingerprint density at radius 1 is 0.969 bits per heavy atom. The van der Waals surface area contributed by atoms with Crippen LogP contribution in [0.5, 0.6) is 0 Å². The SMILES string of the molecule is Cc1cc(-c2ccc(S(=O)(=O)N(C)c3ccc(NC(=O)Nc4ccccc4)cc3)s2)[nH]n1. The van der Waals surface area contributed by atoms with E-state index in [9.17, 15) is 13.2 Å². The molecule has 0 aliphatic carbocycles. The molecule has 164 valence electrons. The van der Waals surface area contributed by atoms with E-state index < -0.39 is 10.0 Å². The fourth-order valence-electron chi connectivity index (χ4n) is 2.99. The van der Waals surface area contributed by atoms with Gasteiger partial charge in [0.15, 0.2) is 0 Å². The zero-order chi connectivity index (χ0) is 22.7. The van der Waals surface area contributed by atoms with Crippen LogP contribution in [0.15, 0.2) is 77.0 Å². The number of carbonyl (C=O) groups excluding carboxylic acids is 1. The highest BCUT2D eigenvalue weighted by molar-refractivity contribution is 7.94. The van der Waals surface area contributed by atoms with Crippen molar-refractivity contribution < 1.29 is 13.2 Å². The second-order valence-corrected chi connectivity index (χ2v) is 10.3. The van der Waals surface area contributed by atoms with Crippen LogP contribution < -0.4 is 14.9 Å². The number of benzene rings is 2. The van der Waals surface area contributed by atoms with Crippen molar-refractivity contribution in [3.8, 4) is 10.6 Å². The third-order valence-corrected chi connectivity index (χ3v) is 8.06. The molecule has 4 rings (SSSR count). The van der Waals surface area contributed by atoms with Gasteiger partial charge in [0.05, 0.1) is 22.0 Å². The first kappa shape index (κ1) is 21.6. The summed E-state index contributed by atoms with van der Waals surface area (Å²) >= 11 is 1.18. The van der Waals surface area contributed by atoms with Crippen molar-refractivity contribution in [1.29, 1.82) is 0 Å². The highest BCUT2D eigenvalue weighted by Crippen LogP contribution is 2.33.